The summed E-state index contributed by atoms with van der Waals surface area (Å²) in [5.41, 5.74) is 3.37. The summed E-state index contributed by atoms with van der Waals surface area (Å²) in [5.74, 6) is -0.912. The summed E-state index contributed by atoms with van der Waals surface area (Å²) in [6, 6.07) is 10.8. The van der Waals surface area contributed by atoms with Crippen LogP contribution in [0, 0.1) is 0 Å². The highest BCUT2D eigenvalue weighted by Crippen LogP contribution is 2.33. The van der Waals surface area contributed by atoms with Crippen LogP contribution in [-0.4, -0.2) is 17.6 Å². The second-order valence-electron chi connectivity index (χ2n) is 5.03. The molecule has 1 aliphatic rings. The molecular formula is C16H13Cl2NO2. The number of fused-ring (bicyclic) bond motifs is 1. The maximum Gasteiger partial charge on any atom is 0.335 e. The van der Waals surface area contributed by atoms with Crippen LogP contribution in [0.25, 0.3) is 0 Å². The Balaban J connectivity index is 1.92. The van der Waals surface area contributed by atoms with E-state index in [1.54, 1.807) is 18.2 Å². The van der Waals surface area contributed by atoms with Gasteiger partial charge in [-0.15, -0.1) is 0 Å². The second kappa shape index (κ2) is 5.58. The lowest BCUT2D eigenvalue weighted by molar-refractivity contribution is 0.0697. The van der Waals surface area contributed by atoms with Crippen LogP contribution < -0.4 is 4.90 Å². The van der Waals surface area contributed by atoms with Gasteiger partial charge in [0.15, 0.2) is 0 Å². The highest BCUT2D eigenvalue weighted by atomic mass is 35.5. The first-order chi connectivity index (χ1) is 10.1. The van der Waals surface area contributed by atoms with E-state index in [1.165, 1.54) is 0 Å². The normalized spacial score (nSPS) is 13.3. The number of carbonyl (C=O) groups is 1. The molecule has 0 saturated heterocycles. The summed E-state index contributed by atoms with van der Waals surface area (Å²) in [4.78, 5) is 13.2. The molecule has 0 fully saturated rings. The Hall–Kier alpha value is -1.71. The number of carboxylic acid groups (broad SMARTS) is 1. The Bertz CT molecular complexity index is 715. The third kappa shape index (κ3) is 2.71. The predicted molar refractivity (Wildman–Crippen MR) is 84.6 cm³/mol. The van der Waals surface area contributed by atoms with Gasteiger partial charge in [0, 0.05) is 18.8 Å². The lowest BCUT2D eigenvalue weighted by atomic mass is 10.1. The average Bonchev–Trinajstić information content (AvgIpc) is 2.86. The van der Waals surface area contributed by atoms with Crippen molar-refractivity contribution in [3.05, 3.63) is 63.1 Å². The number of hydrogen-bond donors (Lipinski definition) is 1. The SMILES string of the molecule is O=C(O)c1ccc2c(c1)N(Cc1cccc(Cl)c1Cl)CC2. The molecule has 21 heavy (non-hydrogen) atoms. The monoisotopic (exact) mass is 321 g/mol. The molecule has 0 aromatic heterocycles. The van der Waals surface area contributed by atoms with Gasteiger partial charge < -0.3 is 10.0 Å². The number of rotatable bonds is 3. The van der Waals surface area contributed by atoms with Crippen LogP contribution in [0.1, 0.15) is 21.5 Å². The molecule has 0 spiro atoms. The Labute approximate surface area is 132 Å². The maximum atomic E-state index is 11.1. The summed E-state index contributed by atoms with van der Waals surface area (Å²) in [6.45, 7) is 1.47. The van der Waals surface area contributed by atoms with Crippen molar-refractivity contribution in [2.75, 3.05) is 11.4 Å². The van der Waals surface area contributed by atoms with Gasteiger partial charge in [-0.3, -0.25) is 0 Å². The fourth-order valence-corrected chi connectivity index (χ4v) is 3.00. The summed E-state index contributed by atoms with van der Waals surface area (Å²) < 4.78 is 0. The fraction of sp³-hybridized carbons (Fsp3) is 0.188. The van der Waals surface area contributed by atoms with Gasteiger partial charge in [-0.2, -0.15) is 0 Å². The van der Waals surface area contributed by atoms with Crippen molar-refractivity contribution in [3.63, 3.8) is 0 Å². The van der Waals surface area contributed by atoms with Gasteiger partial charge in [-0.25, -0.2) is 4.79 Å². The first-order valence-electron chi connectivity index (χ1n) is 6.60. The number of nitrogens with zero attached hydrogens (tertiary/aromatic N) is 1. The van der Waals surface area contributed by atoms with E-state index in [1.807, 2.05) is 18.2 Å². The van der Waals surface area contributed by atoms with Crippen LogP contribution in [-0.2, 0) is 13.0 Å². The van der Waals surface area contributed by atoms with Crippen molar-refractivity contribution in [2.45, 2.75) is 13.0 Å². The largest absolute Gasteiger partial charge is 0.478 e. The molecule has 0 bridgehead atoms. The zero-order valence-electron chi connectivity index (χ0n) is 11.1. The molecule has 2 aromatic rings. The third-order valence-corrected chi connectivity index (χ3v) is 4.57. The van der Waals surface area contributed by atoms with Crippen molar-refractivity contribution >= 4 is 34.9 Å². The van der Waals surface area contributed by atoms with Crippen molar-refractivity contribution in [1.29, 1.82) is 0 Å². The van der Waals surface area contributed by atoms with Gasteiger partial charge in [-0.1, -0.05) is 41.4 Å². The van der Waals surface area contributed by atoms with Gasteiger partial charge in [0.1, 0.15) is 0 Å². The Morgan fingerprint density at radius 2 is 2.05 bits per heavy atom. The van der Waals surface area contributed by atoms with Gasteiger partial charge in [0.2, 0.25) is 0 Å². The minimum atomic E-state index is -0.912. The Morgan fingerprint density at radius 1 is 1.24 bits per heavy atom. The molecule has 1 heterocycles. The maximum absolute atomic E-state index is 11.1. The molecule has 0 saturated carbocycles. The van der Waals surface area contributed by atoms with E-state index >= 15 is 0 Å². The molecule has 5 heteroatoms. The van der Waals surface area contributed by atoms with Crippen LogP contribution in [0.4, 0.5) is 5.69 Å². The zero-order chi connectivity index (χ0) is 15.0. The smallest absolute Gasteiger partial charge is 0.335 e. The topological polar surface area (TPSA) is 40.5 Å². The number of anilines is 1. The van der Waals surface area contributed by atoms with Gasteiger partial charge in [-0.05, 0) is 35.7 Å². The highest BCUT2D eigenvalue weighted by molar-refractivity contribution is 6.42. The van der Waals surface area contributed by atoms with Crippen molar-refractivity contribution in [3.8, 4) is 0 Å². The molecule has 1 N–H and O–H groups in total. The molecule has 0 unspecified atom stereocenters. The lowest BCUT2D eigenvalue weighted by Crippen LogP contribution is -2.20. The zero-order valence-corrected chi connectivity index (χ0v) is 12.7. The quantitative estimate of drug-likeness (QED) is 0.918. The van der Waals surface area contributed by atoms with Gasteiger partial charge in [0.05, 0.1) is 15.6 Å². The fourth-order valence-electron chi connectivity index (χ4n) is 2.62. The molecule has 3 nitrogen and oxygen atoms in total. The van der Waals surface area contributed by atoms with Crippen LogP contribution in [0.5, 0.6) is 0 Å². The number of carboxylic acids is 1. The van der Waals surface area contributed by atoms with E-state index in [4.69, 9.17) is 28.3 Å². The number of benzene rings is 2. The summed E-state index contributed by atoms with van der Waals surface area (Å²) >= 11 is 12.3. The molecule has 0 amide bonds. The van der Waals surface area contributed by atoms with Crippen molar-refractivity contribution in [1.82, 2.24) is 0 Å². The highest BCUT2D eigenvalue weighted by Gasteiger charge is 2.21. The van der Waals surface area contributed by atoms with Crippen LogP contribution in [0.15, 0.2) is 36.4 Å². The summed E-state index contributed by atoms with van der Waals surface area (Å²) in [5, 5.41) is 10.2. The van der Waals surface area contributed by atoms with Crippen molar-refractivity contribution in [2.24, 2.45) is 0 Å². The first kappa shape index (κ1) is 14.2. The van der Waals surface area contributed by atoms with E-state index in [2.05, 4.69) is 4.90 Å². The minimum absolute atomic E-state index is 0.304. The predicted octanol–water partition coefficient (Wildman–Crippen LogP) is 4.25. The Kier molecular flexibility index (Phi) is 3.79. The van der Waals surface area contributed by atoms with E-state index < -0.39 is 5.97 Å². The average molecular weight is 322 g/mol. The van der Waals surface area contributed by atoms with E-state index in [0.717, 1.165) is 29.8 Å². The van der Waals surface area contributed by atoms with E-state index in [9.17, 15) is 4.79 Å². The summed E-state index contributed by atoms with van der Waals surface area (Å²) in [7, 11) is 0. The van der Waals surface area contributed by atoms with Gasteiger partial charge >= 0.3 is 5.97 Å². The lowest BCUT2D eigenvalue weighted by Gasteiger charge is -2.20. The van der Waals surface area contributed by atoms with E-state index in [0.29, 0.717) is 22.2 Å². The first-order valence-corrected chi connectivity index (χ1v) is 7.36. The second-order valence-corrected chi connectivity index (χ2v) is 5.82. The molecule has 0 aliphatic carbocycles. The Morgan fingerprint density at radius 3 is 2.81 bits per heavy atom. The number of hydrogen-bond acceptors (Lipinski definition) is 2. The van der Waals surface area contributed by atoms with E-state index in [-0.39, 0.29) is 0 Å². The minimum Gasteiger partial charge on any atom is -0.478 e. The molecular weight excluding hydrogens is 309 g/mol. The third-order valence-electron chi connectivity index (χ3n) is 3.72. The number of halogens is 2. The van der Waals surface area contributed by atoms with Crippen LogP contribution in [0.3, 0.4) is 0 Å². The van der Waals surface area contributed by atoms with Crippen LogP contribution in [0.2, 0.25) is 10.0 Å². The van der Waals surface area contributed by atoms with Crippen LogP contribution >= 0.6 is 23.2 Å². The standard InChI is InChI=1S/C16H13Cl2NO2/c17-13-3-1-2-12(15(13)18)9-19-7-6-10-4-5-11(16(20)21)8-14(10)19/h1-5,8H,6-7,9H2,(H,20,21). The van der Waals surface area contributed by atoms with Gasteiger partial charge in [0.25, 0.3) is 0 Å². The number of aromatic carboxylic acids is 1. The summed E-state index contributed by atoms with van der Waals surface area (Å²) in [6.07, 6.45) is 0.910. The molecule has 1 aliphatic heterocycles. The van der Waals surface area contributed by atoms with Crippen molar-refractivity contribution < 1.29 is 9.90 Å². The molecule has 108 valence electrons. The molecule has 0 atom stereocenters. The molecule has 3 rings (SSSR count). The molecule has 2 aromatic carbocycles. The molecule has 0 radical (unpaired) electrons.